The Morgan fingerprint density at radius 2 is 2.00 bits per heavy atom. The summed E-state index contributed by atoms with van der Waals surface area (Å²) in [5.74, 6) is 1.31. The molecule has 2 aromatic carbocycles. The van der Waals surface area contributed by atoms with Gasteiger partial charge >= 0.3 is 6.01 Å². The Morgan fingerprint density at radius 3 is 2.73 bits per heavy atom. The third-order valence-electron chi connectivity index (χ3n) is 9.21. The van der Waals surface area contributed by atoms with Gasteiger partial charge in [-0.2, -0.15) is 15.1 Å². The predicted octanol–water partition coefficient (Wildman–Crippen LogP) is 5.37. The lowest BCUT2D eigenvalue weighted by molar-refractivity contribution is -0.126. The third kappa shape index (κ3) is 5.24. The van der Waals surface area contributed by atoms with Crippen molar-refractivity contribution in [1.29, 1.82) is 0 Å². The van der Waals surface area contributed by atoms with Crippen LogP contribution in [0.15, 0.2) is 37.1 Å². The number of benzene rings is 2. The number of carbonyl (C=O) groups excluding carboxylic acids is 1. The van der Waals surface area contributed by atoms with Gasteiger partial charge in [0, 0.05) is 53.6 Å². The lowest BCUT2D eigenvalue weighted by Gasteiger charge is -2.40. The lowest BCUT2D eigenvalue weighted by Crippen LogP contribution is -2.53. The minimum Gasteiger partial charge on any atom is -0.487 e. The number of amides is 1. The van der Waals surface area contributed by atoms with E-state index >= 15 is 0 Å². The molecular formula is C33H38ClN7O3. The molecule has 2 aromatic heterocycles. The zero-order chi connectivity index (χ0) is 30.5. The predicted molar refractivity (Wildman–Crippen MR) is 173 cm³/mol. The van der Waals surface area contributed by atoms with E-state index in [2.05, 4.69) is 53.5 Å². The Morgan fingerprint density at radius 1 is 1.16 bits per heavy atom. The summed E-state index contributed by atoms with van der Waals surface area (Å²) < 4.78 is 13.1. The number of aromatic amines is 1. The van der Waals surface area contributed by atoms with Gasteiger partial charge in [0.15, 0.2) is 5.75 Å². The maximum absolute atomic E-state index is 12.4. The Balaban J connectivity index is 1.41. The number of hydrogen-bond donors (Lipinski definition) is 1. The summed E-state index contributed by atoms with van der Waals surface area (Å²) in [5.41, 5.74) is 4.43. The zero-order valence-electron chi connectivity index (χ0n) is 25.5. The molecule has 3 aliphatic rings. The van der Waals surface area contributed by atoms with Crippen LogP contribution in [0.3, 0.4) is 0 Å². The fourth-order valence-corrected chi connectivity index (χ4v) is 6.86. The number of aryl methyl sites for hydroxylation is 1. The number of H-pyrrole nitrogens is 1. The molecule has 230 valence electrons. The van der Waals surface area contributed by atoms with E-state index in [-0.39, 0.29) is 18.1 Å². The summed E-state index contributed by atoms with van der Waals surface area (Å²) >= 11 is 7.23. The Kier molecular flexibility index (Phi) is 7.58. The summed E-state index contributed by atoms with van der Waals surface area (Å²) in [5, 5.41) is 9.73. The molecule has 4 heterocycles. The Hall–Kier alpha value is -3.89. The number of anilines is 1. The standard InChI is InChI=1S/C33H38ClN7O3/c1-5-27(42)40-13-14-41(20(3)17-40)32-23-15-25(34)29(28-19(2)8-11-26-24(28)16-35-38-26)31(44-22-9-10-22)30(23)36-33(37-32)43-18-21-7-6-12-39(21)4/h5,8,11,15-16,20-22H,1,6-7,9-10,12-14,17-18H2,2-4H3,(H,35,38)/t20-,21-/m0/s1. The monoisotopic (exact) mass is 615 g/mol. The molecule has 2 saturated heterocycles. The largest absolute Gasteiger partial charge is 0.487 e. The number of ether oxygens (including phenoxy) is 2. The van der Waals surface area contributed by atoms with Gasteiger partial charge in [-0.1, -0.05) is 24.2 Å². The molecule has 1 saturated carbocycles. The quantitative estimate of drug-likeness (QED) is 0.264. The molecule has 0 spiro atoms. The SMILES string of the molecule is C=CC(=O)N1CCN(c2nc(OC[C@@H]3CCCN3C)nc3c(OC4CC4)c(-c4c(C)ccc5[nH]ncc45)c(Cl)cc23)[C@@H](C)C1. The summed E-state index contributed by atoms with van der Waals surface area (Å²) in [6.45, 7) is 11.1. The van der Waals surface area contributed by atoms with Crippen LogP contribution in [-0.2, 0) is 4.79 Å². The highest BCUT2D eigenvalue weighted by Gasteiger charge is 2.33. The van der Waals surface area contributed by atoms with Gasteiger partial charge in [-0.05, 0) is 76.9 Å². The van der Waals surface area contributed by atoms with Crippen molar-refractivity contribution < 1.29 is 14.3 Å². The number of nitrogens with one attached hydrogen (secondary N) is 1. The van der Waals surface area contributed by atoms with E-state index in [1.807, 2.05) is 23.2 Å². The maximum Gasteiger partial charge on any atom is 0.319 e. The van der Waals surface area contributed by atoms with E-state index in [9.17, 15) is 4.79 Å². The number of nitrogens with zero attached hydrogens (tertiary/aromatic N) is 6. The van der Waals surface area contributed by atoms with Gasteiger partial charge in [0.2, 0.25) is 5.91 Å². The van der Waals surface area contributed by atoms with Crippen LogP contribution in [0.4, 0.5) is 5.82 Å². The van der Waals surface area contributed by atoms with Crippen molar-refractivity contribution in [3.8, 4) is 22.9 Å². The van der Waals surface area contributed by atoms with E-state index in [4.69, 9.17) is 31.0 Å². The molecule has 0 unspecified atom stereocenters. The molecule has 10 nitrogen and oxygen atoms in total. The van der Waals surface area contributed by atoms with E-state index in [0.717, 1.165) is 71.0 Å². The van der Waals surface area contributed by atoms with E-state index in [0.29, 0.717) is 54.6 Å². The zero-order valence-corrected chi connectivity index (χ0v) is 26.2. The highest BCUT2D eigenvalue weighted by atomic mass is 35.5. The molecular weight excluding hydrogens is 578 g/mol. The van der Waals surface area contributed by atoms with Crippen molar-refractivity contribution in [3.05, 3.63) is 47.6 Å². The first-order valence-corrected chi connectivity index (χ1v) is 15.8. The number of carbonyl (C=O) groups is 1. The van der Waals surface area contributed by atoms with Gasteiger partial charge in [0.05, 0.1) is 22.8 Å². The minimum atomic E-state index is -0.0645. The molecule has 4 aromatic rings. The van der Waals surface area contributed by atoms with Crippen LogP contribution in [0.25, 0.3) is 32.9 Å². The lowest BCUT2D eigenvalue weighted by atomic mass is 9.94. The highest BCUT2D eigenvalue weighted by Crippen LogP contribution is 2.49. The smallest absolute Gasteiger partial charge is 0.319 e. The van der Waals surface area contributed by atoms with Gasteiger partial charge in [0.25, 0.3) is 0 Å². The van der Waals surface area contributed by atoms with Crippen molar-refractivity contribution in [2.75, 3.05) is 44.7 Å². The van der Waals surface area contributed by atoms with Crippen LogP contribution < -0.4 is 14.4 Å². The fraction of sp³-hybridized carbons (Fsp3) is 0.455. The van der Waals surface area contributed by atoms with Crippen molar-refractivity contribution in [3.63, 3.8) is 0 Å². The Labute approximate surface area is 262 Å². The molecule has 0 bridgehead atoms. The maximum atomic E-state index is 12.4. The van der Waals surface area contributed by atoms with Crippen LogP contribution in [-0.4, -0.2) is 93.9 Å². The number of likely N-dealkylation sites (tertiary alicyclic amines) is 1. The van der Waals surface area contributed by atoms with Crippen LogP contribution >= 0.6 is 11.6 Å². The number of likely N-dealkylation sites (N-methyl/N-ethyl adjacent to an activating group) is 1. The molecule has 1 aliphatic carbocycles. The number of halogens is 1. The van der Waals surface area contributed by atoms with Crippen molar-refractivity contribution in [1.82, 2.24) is 30.0 Å². The number of rotatable bonds is 8. The van der Waals surface area contributed by atoms with Gasteiger partial charge in [-0.3, -0.25) is 9.89 Å². The fourth-order valence-electron chi connectivity index (χ4n) is 6.57. The molecule has 1 amide bonds. The van der Waals surface area contributed by atoms with E-state index in [1.54, 1.807) is 0 Å². The number of piperazine rings is 1. The third-order valence-corrected chi connectivity index (χ3v) is 9.51. The molecule has 3 fully saturated rings. The van der Waals surface area contributed by atoms with Gasteiger partial charge in [-0.25, -0.2) is 0 Å². The van der Waals surface area contributed by atoms with Gasteiger partial charge in [-0.15, -0.1) is 0 Å². The first kappa shape index (κ1) is 28.9. The number of fused-ring (bicyclic) bond motifs is 2. The van der Waals surface area contributed by atoms with Crippen molar-refractivity contribution in [2.24, 2.45) is 0 Å². The highest BCUT2D eigenvalue weighted by molar-refractivity contribution is 6.35. The van der Waals surface area contributed by atoms with Crippen LogP contribution in [0.2, 0.25) is 5.02 Å². The second-order valence-electron chi connectivity index (χ2n) is 12.3. The topological polar surface area (TPSA) is 99.7 Å². The van der Waals surface area contributed by atoms with E-state index < -0.39 is 0 Å². The van der Waals surface area contributed by atoms with Crippen LogP contribution in [0, 0.1) is 6.92 Å². The number of aromatic nitrogens is 4. The van der Waals surface area contributed by atoms with Crippen LogP contribution in [0.5, 0.6) is 11.8 Å². The van der Waals surface area contributed by atoms with Crippen LogP contribution in [0.1, 0.15) is 38.2 Å². The summed E-state index contributed by atoms with van der Waals surface area (Å²) in [6.07, 6.45) is 7.50. The molecule has 44 heavy (non-hydrogen) atoms. The summed E-state index contributed by atoms with van der Waals surface area (Å²) in [7, 11) is 2.13. The molecule has 11 heteroatoms. The summed E-state index contributed by atoms with van der Waals surface area (Å²) in [4.78, 5) is 28.9. The second kappa shape index (κ2) is 11.6. The normalized spacial score (nSPS) is 20.9. The molecule has 0 radical (unpaired) electrons. The average molecular weight is 616 g/mol. The second-order valence-corrected chi connectivity index (χ2v) is 12.7. The van der Waals surface area contributed by atoms with Crippen molar-refractivity contribution >= 4 is 45.1 Å². The molecule has 1 N–H and O–H groups in total. The average Bonchev–Trinajstić information content (AvgIpc) is 3.54. The van der Waals surface area contributed by atoms with E-state index in [1.165, 1.54) is 6.08 Å². The summed E-state index contributed by atoms with van der Waals surface area (Å²) in [6, 6.07) is 6.68. The molecule has 2 atom stereocenters. The van der Waals surface area contributed by atoms with Gasteiger partial charge in [0.1, 0.15) is 17.9 Å². The molecule has 7 rings (SSSR count). The van der Waals surface area contributed by atoms with Gasteiger partial charge < -0.3 is 24.2 Å². The Bertz CT molecular complexity index is 1750. The molecule has 2 aliphatic heterocycles. The minimum absolute atomic E-state index is 0.00672. The first-order chi connectivity index (χ1) is 21.3. The number of hydrogen-bond acceptors (Lipinski definition) is 8. The first-order valence-electron chi connectivity index (χ1n) is 15.5. The van der Waals surface area contributed by atoms with Crippen molar-refractivity contribution in [2.45, 2.75) is 57.7 Å².